The van der Waals surface area contributed by atoms with Gasteiger partial charge in [0.1, 0.15) is 19.0 Å². The van der Waals surface area contributed by atoms with E-state index < -0.39 is 0 Å². The zero-order valence-electron chi connectivity index (χ0n) is 15.4. The highest BCUT2D eigenvalue weighted by molar-refractivity contribution is 5.94. The summed E-state index contributed by atoms with van der Waals surface area (Å²) in [7, 11) is 0. The zero-order chi connectivity index (χ0) is 18.8. The normalized spacial score (nSPS) is 17.0. The number of carbonyl (C=O) groups excluding carboxylic acids is 1. The van der Waals surface area contributed by atoms with E-state index in [9.17, 15) is 9.18 Å². The standard InChI is InChI=1S/C21H23FN2O3/c1-15(25)17-3-4-19(18(22)13-17)24-8-6-23(7-9-24)14-16-2-5-20-21(12-16)27-11-10-26-20/h2-5,12-13H,6-11,14H2,1H3. The Hall–Kier alpha value is -2.60. The lowest BCUT2D eigenvalue weighted by Gasteiger charge is -2.36. The van der Waals surface area contributed by atoms with E-state index in [2.05, 4.69) is 11.0 Å². The maximum Gasteiger partial charge on any atom is 0.161 e. The molecule has 142 valence electrons. The summed E-state index contributed by atoms with van der Waals surface area (Å²) in [5.41, 5.74) is 2.16. The lowest BCUT2D eigenvalue weighted by Crippen LogP contribution is -2.46. The largest absolute Gasteiger partial charge is 0.486 e. The van der Waals surface area contributed by atoms with Crippen LogP contribution in [0, 0.1) is 5.82 Å². The lowest BCUT2D eigenvalue weighted by molar-refractivity contribution is 0.101. The minimum Gasteiger partial charge on any atom is -0.486 e. The van der Waals surface area contributed by atoms with Crippen LogP contribution in [0.3, 0.4) is 0 Å². The molecule has 2 aromatic carbocycles. The molecule has 0 N–H and O–H groups in total. The van der Waals surface area contributed by atoms with Crippen LogP contribution < -0.4 is 14.4 Å². The Morgan fingerprint density at radius 1 is 1.00 bits per heavy atom. The van der Waals surface area contributed by atoms with Gasteiger partial charge in [-0.05, 0) is 42.8 Å². The molecule has 0 aromatic heterocycles. The smallest absolute Gasteiger partial charge is 0.161 e. The van der Waals surface area contributed by atoms with Gasteiger partial charge in [0.25, 0.3) is 0 Å². The Morgan fingerprint density at radius 2 is 1.74 bits per heavy atom. The molecule has 2 aliphatic heterocycles. The number of rotatable bonds is 4. The van der Waals surface area contributed by atoms with Gasteiger partial charge in [-0.1, -0.05) is 6.07 Å². The first-order chi connectivity index (χ1) is 13.1. The Bertz CT molecular complexity index is 847. The number of hydrogen-bond acceptors (Lipinski definition) is 5. The van der Waals surface area contributed by atoms with Crippen molar-refractivity contribution in [2.45, 2.75) is 13.5 Å². The predicted octanol–water partition coefficient (Wildman–Crippen LogP) is 3.12. The molecule has 0 aliphatic carbocycles. The summed E-state index contributed by atoms with van der Waals surface area (Å²) in [6, 6.07) is 10.8. The van der Waals surface area contributed by atoms with Gasteiger partial charge in [0.15, 0.2) is 17.3 Å². The summed E-state index contributed by atoms with van der Waals surface area (Å²) in [6.45, 7) is 6.66. The van der Waals surface area contributed by atoms with E-state index in [4.69, 9.17) is 9.47 Å². The Labute approximate surface area is 158 Å². The number of nitrogens with zero attached hydrogens (tertiary/aromatic N) is 2. The first-order valence-electron chi connectivity index (χ1n) is 9.26. The van der Waals surface area contributed by atoms with Gasteiger partial charge in [-0.3, -0.25) is 9.69 Å². The molecule has 0 amide bonds. The van der Waals surface area contributed by atoms with Gasteiger partial charge in [-0.25, -0.2) is 4.39 Å². The number of ether oxygens (including phenoxy) is 2. The van der Waals surface area contributed by atoms with Crippen molar-refractivity contribution in [3.05, 3.63) is 53.3 Å². The van der Waals surface area contributed by atoms with Crippen LogP contribution in [0.15, 0.2) is 36.4 Å². The molecule has 6 heteroatoms. The van der Waals surface area contributed by atoms with Gasteiger partial charge in [0.2, 0.25) is 0 Å². The first-order valence-corrected chi connectivity index (χ1v) is 9.26. The molecule has 4 rings (SSSR count). The van der Waals surface area contributed by atoms with Crippen molar-refractivity contribution in [3.63, 3.8) is 0 Å². The van der Waals surface area contributed by atoms with Crippen molar-refractivity contribution >= 4 is 11.5 Å². The number of carbonyl (C=O) groups is 1. The molecule has 0 bridgehead atoms. The molecule has 2 aromatic rings. The molecule has 2 heterocycles. The Balaban J connectivity index is 1.37. The van der Waals surface area contributed by atoms with Crippen LogP contribution in [0.25, 0.3) is 0 Å². The van der Waals surface area contributed by atoms with E-state index >= 15 is 0 Å². The van der Waals surface area contributed by atoms with Crippen LogP contribution in [-0.2, 0) is 6.54 Å². The maximum absolute atomic E-state index is 14.4. The summed E-state index contributed by atoms with van der Waals surface area (Å²) in [6.07, 6.45) is 0. The van der Waals surface area contributed by atoms with E-state index in [-0.39, 0.29) is 11.6 Å². The zero-order valence-corrected chi connectivity index (χ0v) is 15.4. The second-order valence-corrected chi connectivity index (χ2v) is 6.96. The third-order valence-corrected chi connectivity index (χ3v) is 5.08. The van der Waals surface area contributed by atoms with Crippen molar-refractivity contribution in [3.8, 4) is 11.5 Å². The third kappa shape index (κ3) is 3.90. The molecule has 0 spiro atoms. The lowest BCUT2D eigenvalue weighted by atomic mass is 10.1. The van der Waals surface area contributed by atoms with E-state index in [1.807, 2.05) is 17.0 Å². The molecule has 1 saturated heterocycles. The molecule has 27 heavy (non-hydrogen) atoms. The highest BCUT2D eigenvalue weighted by atomic mass is 19.1. The summed E-state index contributed by atoms with van der Waals surface area (Å²) < 4.78 is 25.6. The van der Waals surface area contributed by atoms with Gasteiger partial charge in [-0.15, -0.1) is 0 Å². The van der Waals surface area contributed by atoms with Gasteiger partial charge in [0.05, 0.1) is 5.69 Å². The van der Waals surface area contributed by atoms with Crippen molar-refractivity contribution in [2.24, 2.45) is 0 Å². The number of Topliss-reactive ketones (excluding diaryl/α,β-unsaturated/α-hetero) is 1. The number of ketones is 1. The highest BCUT2D eigenvalue weighted by Crippen LogP contribution is 2.31. The Kier molecular flexibility index (Phi) is 4.99. The minimum absolute atomic E-state index is 0.121. The van der Waals surface area contributed by atoms with Gasteiger partial charge in [-0.2, -0.15) is 0 Å². The minimum atomic E-state index is -0.331. The second-order valence-electron chi connectivity index (χ2n) is 6.96. The van der Waals surface area contributed by atoms with Crippen LogP contribution in [0.1, 0.15) is 22.8 Å². The van der Waals surface area contributed by atoms with E-state index in [0.29, 0.717) is 24.5 Å². The summed E-state index contributed by atoms with van der Waals surface area (Å²) in [5.74, 6) is 1.16. The van der Waals surface area contributed by atoms with Crippen LogP contribution in [0.4, 0.5) is 10.1 Å². The van der Waals surface area contributed by atoms with Gasteiger partial charge >= 0.3 is 0 Å². The van der Waals surface area contributed by atoms with Crippen molar-refractivity contribution in [1.29, 1.82) is 0 Å². The number of anilines is 1. The van der Waals surface area contributed by atoms with E-state index in [0.717, 1.165) is 44.2 Å². The summed E-state index contributed by atoms with van der Waals surface area (Å²) in [4.78, 5) is 15.8. The van der Waals surface area contributed by atoms with Crippen molar-refractivity contribution < 1.29 is 18.7 Å². The van der Waals surface area contributed by atoms with Gasteiger partial charge < -0.3 is 14.4 Å². The van der Waals surface area contributed by atoms with Crippen LogP contribution in [0.5, 0.6) is 11.5 Å². The predicted molar refractivity (Wildman–Crippen MR) is 101 cm³/mol. The molecule has 2 aliphatic rings. The summed E-state index contributed by atoms with van der Waals surface area (Å²) >= 11 is 0. The molecular formula is C21H23FN2O3. The fraction of sp³-hybridized carbons (Fsp3) is 0.381. The average Bonchev–Trinajstić information content (AvgIpc) is 2.68. The van der Waals surface area contributed by atoms with Crippen LogP contribution in [-0.4, -0.2) is 50.1 Å². The number of benzene rings is 2. The molecule has 1 fully saturated rings. The quantitative estimate of drug-likeness (QED) is 0.774. The highest BCUT2D eigenvalue weighted by Gasteiger charge is 2.21. The van der Waals surface area contributed by atoms with Crippen LogP contribution >= 0.6 is 0 Å². The third-order valence-electron chi connectivity index (χ3n) is 5.08. The number of halogens is 1. The average molecular weight is 370 g/mol. The number of hydrogen-bond donors (Lipinski definition) is 0. The number of piperazine rings is 1. The molecule has 0 saturated carbocycles. The van der Waals surface area contributed by atoms with E-state index in [1.54, 1.807) is 12.1 Å². The SMILES string of the molecule is CC(=O)c1ccc(N2CCN(Cc3ccc4c(c3)OCCO4)CC2)c(F)c1. The van der Waals surface area contributed by atoms with Crippen molar-refractivity contribution in [1.82, 2.24) is 4.90 Å². The molecule has 5 nitrogen and oxygen atoms in total. The topological polar surface area (TPSA) is 42.0 Å². The monoisotopic (exact) mass is 370 g/mol. The molecule has 0 unspecified atom stereocenters. The van der Waals surface area contributed by atoms with Gasteiger partial charge in [0, 0.05) is 38.3 Å². The molecule has 0 radical (unpaired) electrons. The first kappa shape index (κ1) is 17.8. The maximum atomic E-state index is 14.4. The fourth-order valence-corrected chi connectivity index (χ4v) is 3.57. The van der Waals surface area contributed by atoms with Crippen LogP contribution in [0.2, 0.25) is 0 Å². The molecular weight excluding hydrogens is 347 g/mol. The fourth-order valence-electron chi connectivity index (χ4n) is 3.57. The Morgan fingerprint density at radius 3 is 2.44 bits per heavy atom. The second kappa shape index (κ2) is 7.56. The summed E-state index contributed by atoms with van der Waals surface area (Å²) in [5, 5.41) is 0. The number of fused-ring (bicyclic) bond motifs is 1. The van der Waals surface area contributed by atoms with Crippen molar-refractivity contribution in [2.75, 3.05) is 44.3 Å². The molecule has 0 atom stereocenters. The van der Waals surface area contributed by atoms with E-state index in [1.165, 1.54) is 18.6 Å².